The predicted octanol–water partition coefficient (Wildman–Crippen LogP) is 3.14. The molecule has 1 aromatic carbocycles. The Morgan fingerprint density at radius 1 is 1.26 bits per heavy atom. The molecular formula is C17H22FN3O2. The minimum atomic E-state index is -0.528. The minimum Gasteiger partial charge on any atom is -0.444 e. The number of hydrogen-bond donors (Lipinski definition) is 0. The number of ether oxygens (including phenoxy) is 1. The summed E-state index contributed by atoms with van der Waals surface area (Å²) in [6.45, 7) is 7.77. The van der Waals surface area contributed by atoms with E-state index in [0.29, 0.717) is 31.9 Å². The number of hydrogen-bond acceptors (Lipinski definition) is 4. The molecule has 0 N–H and O–H groups in total. The molecule has 0 saturated carbocycles. The topological polar surface area (TPSA) is 56.6 Å². The van der Waals surface area contributed by atoms with Crippen molar-refractivity contribution in [3.8, 4) is 6.07 Å². The van der Waals surface area contributed by atoms with Gasteiger partial charge in [0.2, 0.25) is 0 Å². The lowest BCUT2D eigenvalue weighted by Gasteiger charge is -2.27. The molecule has 1 aliphatic rings. The summed E-state index contributed by atoms with van der Waals surface area (Å²) in [4.78, 5) is 15.8. The first-order valence-corrected chi connectivity index (χ1v) is 7.73. The number of carbonyl (C=O) groups is 1. The summed E-state index contributed by atoms with van der Waals surface area (Å²) in [5.74, 6) is -0.516. The number of nitrogens with zero attached hydrogens (tertiary/aromatic N) is 3. The van der Waals surface area contributed by atoms with Crippen molar-refractivity contribution in [1.29, 1.82) is 5.26 Å². The van der Waals surface area contributed by atoms with E-state index in [-0.39, 0.29) is 11.7 Å². The summed E-state index contributed by atoms with van der Waals surface area (Å²) < 4.78 is 19.2. The average molecular weight is 319 g/mol. The van der Waals surface area contributed by atoms with Crippen molar-refractivity contribution in [2.75, 3.05) is 31.1 Å². The maximum absolute atomic E-state index is 13.8. The molecule has 1 saturated heterocycles. The van der Waals surface area contributed by atoms with Gasteiger partial charge in [0, 0.05) is 26.2 Å². The first kappa shape index (κ1) is 17.1. The molecule has 23 heavy (non-hydrogen) atoms. The van der Waals surface area contributed by atoms with Gasteiger partial charge in [-0.05, 0) is 39.3 Å². The third kappa shape index (κ3) is 4.35. The molecule has 1 aromatic rings. The molecule has 124 valence electrons. The molecule has 2 rings (SSSR count). The summed E-state index contributed by atoms with van der Waals surface area (Å²) in [5.41, 5.74) is 0.108. The van der Waals surface area contributed by atoms with E-state index in [4.69, 9.17) is 10.00 Å². The molecular weight excluding hydrogens is 297 g/mol. The van der Waals surface area contributed by atoms with Gasteiger partial charge in [-0.1, -0.05) is 6.07 Å². The third-order valence-corrected chi connectivity index (χ3v) is 3.59. The molecule has 0 aromatic heterocycles. The molecule has 0 spiro atoms. The highest BCUT2D eigenvalue weighted by Crippen LogP contribution is 2.24. The number of nitriles is 1. The Kier molecular flexibility index (Phi) is 5.09. The smallest absolute Gasteiger partial charge is 0.410 e. The number of anilines is 1. The zero-order valence-electron chi connectivity index (χ0n) is 13.8. The van der Waals surface area contributed by atoms with Crippen molar-refractivity contribution in [1.82, 2.24) is 4.90 Å². The highest BCUT2D eigenvalue weighted by molar-refractivity contribution is 5.68. The van der Waals surface area contributed by atoms with Gasteiger partial charge < -0.3 is 14.5 Å². The summed E-state index contributed by atoms with van der Waals surface area (Å²) in [6.07, 6.45) is 0.403. The predicted molar refractivity (Wildman–Crippen MR) is 85.8 cm³/mol. The van der Waals surface area contributed by atoms with Crippen molar-refractivity contribution in [3.63, 3.8) is 0 Å². The molecule has 1 aliphatic heterocycles. The fourth-order valence-electron chi connectivity index (χ4n) is 2.55. The first-order valence-electron chi connectivity index (χ1n) is 7.73. The number of carbonyl (C=O) groups excluding carboxylic acids is 1. The molecule has 1 heterocycles. The summed E-state index contributed by atoms with van der Waals surface area (Å²) in [7, 11) is 0. The average Bonchev–Trinajstić information content (AvgIpc) is 2.71. The highest BCUT2D eigenvalue weighted by Gasteiger charge is 2.25. The quantitative estimate of drug-likeness (QED) is 0.798. The second kappa shape index (κ2) is 6.86. The van der Waals surface area contributed by atoms with Gasteiger partial charge in [-0.2, -0.15) is 5.26 Å². The monoisotopic (exact) mass is 319 g/mol. The van der Waals surface area contributed by atoms with E-state index >= 15 is 0 Å². The molecule has 0 bridgehead atoms. The van der Waals surface area contributed by atoms with E-state index in [2.05, 4.69) is 0 Å². The zero-order valence-corrected chi connectivity index (χ0v) is 13.8. The van der Waals surface area contributed by atoms with Crippen LogP contribution in [0.25, 0.3) is 0 Å². The van der Waals surface area contributed by atoms with Gasteiger partial charge in [0.25, 0.3) is 0 Å². The largest absolute Gasteiger partial charge is 0.444 e. The number of benzene rings is 1. The van der Waals surface area contributed by atoms with Crippen LogP contribution in [0, 0.1) is 17.1 Å². The van der Waals surface area contributed by atoms with E-state index in [1.807, 2.05) is 31.7 Å². The zero-order chi connectivity index (χ0) is 17.0. The summed E-state index contributed by atoms with van der Waals surface area (Å²) in [6, 6.07) is 6.55. The Morgan fingerprint density at radius 2 is 2.00 bits per heavy atom. The van der Waals surface area contributed by atoms with Crippen molar-refractivity contribution >= 4 is 11.8 Å². The molecule has 6 heteroatoms. The van der Waals surface area contributed by atoms with Crippen LogP contribution in [0.1, 0.15) is 32.8 Å². The van der Waals surface area contributed by atoms with Crippen LogP contribution in [-0.2, 0) is 4.74 Å². The van der Waals surface area contributed by atoms with Crippen LogP contribution in [0.3, 0.4) is 0 Å². The maximum atomic E-state index is 13.8. The van der Waals surface area contributed by atoms with E-state index in [1.165, 1.54) is 6.07 Å². The van der Waals surface area contributed by atoms with Crippen molar-refractivity contribution in [2.24, 2.45) is 0 Å². The van der Waals surface area contributed by atoms with Gasteiger partial charge >= 0.3 is 6.09 Å². The standard InChI is InChI=1S/C17H22FN3O2/c1-17(2,3)23-16(22)21-9-5-8-20(10-11-21)15-7-4-6-14(18)13(15)12-19/h4,6-7H,5,8-11H2,1-3H3. The van der Waals surface area contributed by atoms with Gasteiger partial charge in [0.05, 0.1) is 5.69 Å². The second-order valence-corrected chi connectivity index (χ2v) is 6.55. The molecule has 5 nitrogen and oxygen atoms in total. The van der Waals surface area contributed by atoms with Crippen molar-refractivity contribution in [3.05, 3.63) is 29.6 Å². The molecule has 0 aliphatic carbocycles. The lowest BCUT2D eigenvalue weighted by atomic mass is 10.1. The van der Waals surface area contributed by atoms with Crippen LogP contribution in [0.15, 0.2) is 18.2 Å². The second-order valence-electron chi connectivity index (χ2n) is 6.55. The van der Waals surface area contributed by atoms with Gasteiger partial charge in [0.15, 0.2) is 0 Å². The van der Waals surface area contributed by atoms with Crippen molar-refractivity contribution in [2.45, 2.75) is 32.8 Å². The number of amides is 1. The fraction of sp³-hybridized carbons (Fsp3) is 0.529. The number of halogens is 1. The first-order chi connectivity index (χ1) is 10.8. The fourth-order valence-corrected chi connectivity index (χ4v) is 2.55. The maximum Gasteiger partial charge on any atom is 0.410 e. The Hall–Kier alpha value is -2.29. The van der Waals surface area contributed by atoms with Crippen LogP contribution >= 0.6 is 0 Å². The van der Waals surface area contributed by atoms with Crippen LogP contribution < -0.4 is 4.90 Å². The van der Waals surface area contributed by atoms with E-state index in [1.54, 1.807) is 17.0 Å². The van der Waals surface area contributed by atoms with Gasteiger partial charge in [-0.25, -0.2) is 9.18 Å². The van der Waals surface area contributed by atoms with E-state index in [0.717, 1.165) is 6.42 Å². The molecule has 0 unspecified atom stereocenters. The van der Waals surface area contributed by atoms with E-state index in [9.17, 15) is 9.18 Å². The minimum absolute atomic E-state index is 0.0539. The van der Waals surface area contributed by atoms with Crippen LogP contribution in [0.4, 0.5) is 14.9 Å². The molecule has 1 amide bonds. The van der Waals surface area contributed by atoms with Crippen molar-refractivity contribution < 1.29 is 13.9 Å². The lowest BCUT2D eigenvalue weighted by molar-refractivity contribution is 0.0263. The highest BCUT2D eigenvalue weighted by atomic mass is 19.1. The van der Waals surface area contributed by atoms with Gasteiger partial charge in [-0.3, -0.25) is 0 Å². The summed E-state index contributed by atoms with van der Waals surface area (Å²) >= 11 is 0. The summed E-state index contributed by atoms with van der Waals surface area (Å²) in [5, 5.41) is 9.17. The van der Waals surface area contributed by atoms with Crippen LogP contribution in [-0.4, -0.2) is 42.8 Å². The van der Waals surface area contributed by atoms with E-state index < -0.39 is 11.4 Å². The SMILES string of the molecule is CC(C)(C)OC(=O)N1CCCN(c2cccc(F)c2C#N)CC1. The Labute approximate surface area is 136 Å². The Balaban J connectivity index is 2.09. The van der Waals surface area contributed by atoms with Crippen LogP contribution in [0.2, 0.25) is 0 Å². The Morgan fingerprint density at radius 3 is 2.65 bits per heavy atom. The van der Waals surface area contributed by atoms with Crippen LogP contribution in [0.5, 0.6) is 0 Å². The normalized spacial score (nSPS) is 15.8. The van der Waals surface area contributed by atoms with Gasteiger partial charge in [-0.15, -0.1) is 0 Å². The number of rotatable bonds is 1. The Bertz CT molecular complexity index is 619. The molecule has 0 atom stereocenters. The lowest BCUT2D eigenvalue weighted by Crippen LogP contribution is -2.39. The third-order valence-electron chi connectivity index (χ3n) is 3.59. The molecule has 1 fully saturated rings. The van der Waals surface area contributed by atoms with Gasteiger partial charge in [0.1, 0.15) is 23.1 Å². The molecule has 0 radical (unpaired) electrons.